The van der Waals surface area contributed by atoms with Gasteiger partial charge in [0, 0.05) is 13.5 Å². The van der Waals surface area contributed by atoms with Crippen LogP contribution in [0.4, 0.5) is 0 Å². The van der Waals surface area contributed by atoms with Crippen molar-refractivity contribution < 1.29 is 14.6 Å². The summed E-state index contributed by atoms with van der Waals surface area (Å²) >= 11 is 0. The van der Waals surface area contributed by atoms with Crippen LogP contribution in [0.5, 0.6) is 0 Å². The predicted octanol–water partition coefficient (Wildman–Crippen LogP) is 3.08. The molecule has 0 aromatic rings. The van der Waals surface area contributed by atoms with Gasteiger partial charge in [0.2, 0.25) is 0 Å². The van der Waals surface area contributed by atoms with Gasteiger partial charge in [-0.15, -0.1) is 0 Å². The van der Waals surface area contributed by atoms with Gasteiger partial charge in [-0.2, -0.15) is 0 Å². The Labute approximate surface area is 98.2 Å². The molecule has 3 nitrogen and oxygen atoms in total. The molecule has 3 heteroatoms. The molecule has 0 aromatic carbocycles. The Balaban J connectivity index is 2.22. The van der Waals surface area contributed by atoms with Crippen molar-refractivity contribution in [3.63, 3.8) is 0 Å². The van der Waals surface area contributed by atoms with Gasteiger partial charge >= 0.3 is 5.97 Å². The highest BCUT2D eigenvalue weighted by Crippen LogP contribution is 2.31. The first kappa shape index (κ1) is 13.5. The number of hydrogen-bond donors (Lipinski definition) is 1. The van der Waals surface area contributed by atoms with E-state index in [-0.39, 0.29) is 0 Å². The average Bonchev–Trinajstić information content (AvgIpc) is 2.26. The van der Waals surface area contributed by atoms with E-state index in [1.165, 1.54) is 19.3 Å². The number of aliphatic carboxylic acids is 1. The minimum absolute atomic E-state index is 0.307. The topological polar surface area (TPSA) is 46.5 Å². The van der Waals surface area contributed by atoms with E-state index in [9.17, 15) is 4.79 Å². The summed E-state index contributed by atoms with van der Waals surface area (Å²) in [4.78, 5) is 10.5. The number of rotatable bonds is 6. The summed E-state index contributed by atoms with van der Waals surface area (Å²) in [6.07, 6.45) is 7.61. The molecule has 1 rings (SSSR count). The number of hydrogen-bond acceptors (Lipinski definition) is 2. The lowest BCUT2D eigenvalue weighted by molar-refractivity contribution is -0.137. The molecule has 0 bridgehead atoms. The zero-order chi connectivity index (χ0) is 12.0. The molecule has 1 aliphatic rings. The second-order valence-electron chi connectivity index (χ2n) is 5.16. The van der Waals surface area contributed by atoms with Crippen molar-refractivity contribution in [2.24, 2.45) is 11.8 Å². The molecule has 0 amide bonds. The predicted molar refractivity (Wildman–Crippen MR) is 63.4 cm³/mol. The molecule has 1 saturated carbocycles. The fourth-order valence-electron chi connectivity index (χ4n) is 2.73. The Morgan fingerprint density at radius 2 is 2.25 bits per heavy atom. The maximum Gasteiger partial charge on any atom is 0.303 e. The Kier molecular flexibility index (Phi) is 5.81. The molecule has 0 spiro atoms. The van der Waals surface area contributed by atoms with Gasteiger partial charge < -0.3 is 9.84 Å². The van der Waals surface area contributed by atoms with Crippen molar-refractivity contribution in [3.8, 4) is 0 Å². The lowest BCUT2D eigenvalue weighted by atomic mass is 9.81. The first-order valence-electron chi connectivity index (χ1n) is 6.36. The van der Waals surface area contributed by atoms with Gasteiger partial charge in [0.15, 0.2) is 0 Å². The van der Waals surface area contributed by atoms with Gasteiger partial charge in [-0.3, -0.25) is 4.79 Å². The van der Waals surface area contributed by atoms with Crippen LogP contribution in [-0.4, -0.2) is 24.3 Å². The van der Waals surface area contributed by atoms with Gasteiger partial charge in [0.25, 0.3) is 0 Å². The van der Waals surface area contributed by atoms with E-state index in [4.69, 9.17) is 9.84 Å². The number of carboxylic acid groups (broad SMARTS) is 1. The lowest BCUT2D eigenvalue weighted by Gasteiger charge is -2.29. The molecule has 1 aliphatic carbocycles. The van der Waals surface area contributed by atoms with Crippen molar-refractivity contribution in [2.45, 2.75) is 58.0 Å². The molecule has 0 heterocycles. The average molecular weight is 228 g/mol. The number of methoxy groups -OCH3 is 1. The zero-order valence-electron chi connectivity index (χ0n) is 10.4. The molecule has 94 valence electrons. The van der Waals surface area contributed by atoms with Gasteiger partial charge in [-0.05, 0) is 37.5 Å². The van der Waals surface area contributed by atoms with Gasteiger partial charge in [0.05, 0.1) is 6.10 Å². The third-order valence-corrected chi connectivity index (χ3v) is 3.65. The number of carboxylic acids is 1. The van der Waals surface area contributed by atoms with E-state index in [1.807, 2.05) is 0 Å². The largest absolute Gasteiger partial charge is 0.481 e. The fourth-order valence-corrected chi connectivity index (χ4v) is 2.73. The Bertz CT molecular complexity index is 215. The normalized spacial score (nSPS) is 27.6. The molecule has 0 aromatic heterocycles. The smallest absolute Gasteiger partial charge is 0.303 e. The highest BCUT2D eigenvalue weighted by Gasteiger charge is 2.23. The SMILES string of the molecule is CO[C@H]1CCCC(C[C@@H](C)CCC(=O)O)C1. The van der Waals surface area contributed by atoms with Crippen LogP contribution in [0.3, 0.4) is 0 Å². The summed E-state index contributed by atoms with van der Waals surface area (Å²) in [7, 11) is 1.79. The minimum Gasteiger partial charge on any atom is -0.481 e. The molecule has 0 radical (unpaired) electrons. The fraction of sp³-hybridized carbons (Fsp3) is 0.923. The molecule has 0 saturated heterocycles. The maximum absolute atomic E-state index is 10.5. The van der Waals surface area contributed by atoms with Gasteiger partial charge in [-0.1, -0.05) is 19.8 Å². The van der Waals surface area contributed by atoms with E-state index < -0.39 is 5.97 Å². The van der Waals surface area contributed by atoms with Crippen molar-refractivity contribution in [1.29, 1.82) is 0 Å². The third kappa shape index (κ3) is 4.97. The molecule has 1 unspecified atom stereocenters. The lowest BCUT2D eigenvalue weighted by Crippen LogP contribution is -2.23. The summed E-state index contributed by atoms with van der Waals surface area (Å²) in [5.41, 5.74) is 0. The molecule has 16 heavy (non-hydrogen) atoms. The third-order valence-electron chi connectivity index (χ3n) is 3.65. The first-order valence-corrected chi connectivity index (χ1v) is 6.36. The van der Waals surface area contributed by atoms with Crippen molar-refractivity contribution in [3.05, 3.63) is 0 Å². The van der Waals surface area contributed by atoms with Crippen LogP contribution in [0.2, 0.25) is 0 Å². The highest BCUT2D eigenvalue weighted by atomic mass is 16.5. The van der Waals surface area contributed by atoms with E-state index in [0.29, 0.717) is 18.4 Å². The second kappa shape index (κ2) is 6.89. The van der Waals surface area contributed by atoms with Crippen LogP contribution < -0.4 is 0 Å². The van der Waals surface area contributed by atoms with Crippen LogP contribution in [0, 0.1) is 11.8 Å². The number of carbonyl (C=O) groups is 1. The van der Waals surface area contributed by atoms with Gasteiger partial charge in [-0.25, -0.2) is 0 Å². The van der Waals surface area contributed by atoms with Crippen molar-refractivity contribution >= 4 is 5.97 Å². The molecule has 0 aliphatic heterocycles. The summed E-state index contributed by atoms with van der Waals surface area (Å²) in [6.45, 7) is 2.17. The summed E-state index contributed by atoms with van der Waals surface area (Å²) in [5.74, 6) is 0.587. The maximum atomic E-state index is 10.5. The summed E-state index contributed by atoms with van der Waals surface area (Å²) in [6, 6.07) is 0. The zero-order valence-corrected chi connectivity index (χ0v) is 10.4. The standard InChI is InChI=1S/C13H24O3/c1-10(6-7-13(14)15)8-11-4-3-5-12(9-11)16-2/h10-12H,3-9H2,1-2H3,(H,14,15)/t10-,11?,12-/m0/s1. The Hall–Kier alpha value is -0.570. The molecule has 3 atom stereocenters. The Morgan fingerprint density at radius 3 is 2.88 bits per heavy atom. The highest BCUT2D eigenvalue weighted by molar-refractivity contribution is 5.66. The van der Waals surface area contributed by atoms with Crippen molar-refractivity contribution in [1.82, 2.24) is 0 Å². The van der Waals surface area contributed by atoms with Crippen molar-refractivity contribution in [2.75, 3.05) is 7.11 Å². The van der Waals surface area contributed by atoms with E-state index >= 15 is 0 Å². The molecule has 1 fully saturated rings. The number of ether oxygens (including phenoxy) is 1. The van der Waals surface area contributed by atoms with Crippen LogP contribution in [0.1, 0.15) is 51.9 Å². The van der Waals surface area contributed by atoms with Crippen LogP contribution in [-0.2, 0) is 9.53 Å². The molecular weight excluding hydrogens is 204 g/mol. The first-order chi connectivity index (χ1) is 7.61. The summed E-state index contributed by atoms with van der Waals surface area (Å²) < 4.78 is 5.41. The Morgan fingerprint density at radius 1 is 1.50 bits per heavy atom. The molecular formula is C13H24O3. The van der Waals surface area contributed by atoms with Crippen LogP contribution >= 0.6 is 0 Å². The minimum atomic E-state index is -0.676. The van der Waals surface area contributed by atoms with Gasteiger partial charge in [0.1, 0.15) is 0 Å². The molecule has 1 N–H and O–H groups in total. The van der Waals surface area contributed by atoms with Crippen LogP contribution in [0.15, 0.2) is 0 Å². The second-order valence-corrected chi connectivity index (χ2v) is 5.16. The van der Waals surface area contributed by atoms with E-state index in [2.05, 4.69) is 6.92 Å². The van der Waals surface area contributed by atoms with E-state index in [0.717, 1.165) is 25.2 Å². The monoisotopic (exact) mass is 228 g/mol. The summed E-state index contributed by atoms with van der Waals surface area (Å²) in [5, 5.41) is 8.63. The quantitative estimate of drug-likeness (QED) is 0.760. The van der Waals surface area contributed by atoms with Crippen LogP contribution in [0.25, 0.3) is 0 Å². The van der Waals surface area contributed by atoms with E-state index in [1.54, 1.807) is 7.11 Å².